The van der Waals surface area contributed by atoms with Gasteiger partial charge < -0.3 is 10.1 Å². The molecule has 0 bridgehead atoms. The fraction of sp³-hybridized carbons (Fsp3) is 0.500. The SMILES string of the molecule is c1ccc(SCCOC2CCNC2)cc1. The zero-order chi connectivity index (χ0) is 10.3. The van der Waals surface area contributed by atoms with Crippen molar-refractivity contribution in [2.75, 3.05) is 25.4 Å². The molecule has 2 rings (SSSR count). The Balaban J connectivity index is 1.59. The van der Waals surface area contributed by atoms with Crippen molar-refractivity contribution in [2.45, 2.75) is 17.4 Å². The van der Waals surface area contributed by atoms with Crippen LogP contribution in [0.25, 0.3) is 0 Å². The Kier molecular flexibility index (Phi) is 4.51. The van der Waals surface area contributed by atoms with Crippen molar-refractivity contribution in [3.8, 4) is 0 Å². The van der Waals surface area contributed by atoms with Crippen LogP contribution in [0.3, 0.4) is 0 Å². The summed E-state index contributed by atoms with van der Waals surface area (Å²) < 4.78 is 5.74. The monoisotopic (exact) mass is 223 g/mol. The molecule has 1 aliphatic heterocycles. The summed E-state index contributed by atoms with van der Waals surface area (Å²) in [6, 6.07) is 10.5. The normalized spacial score (nSPS) is 20.7. The van der Waals surface area contributed by atoms with E-state index in [-0.39, 0.29) is 0 Å². The molecule has 3 heteroatoms. The summed E-state index contributed by atoms with van der Waals surface area (Å²) in [4.78, 5) is 1.32. The summed E-state index contributed by atoms with van der Waals surface area (Å²) in [5, 5.41) is 3.30. The second-order valence-electron chi connectivity index (χ2n) is 3.65. The molecule has 1 aromatic rings. The molecule has 1 fully saturated rings. The zero-order valence-electron chi connectivity index (χ0n) is 8.82. The third-order valence-corrected chi connectivity index (χ3v) is 3.44. The molecule has 15 heavy (non-hydrogen) atoms. The van der Waals surface area contributed by atoms with Crippen molar-refractivity contribution >= 4 is 11.8 Å². The summed E-state index contributed by atoms with van der Waals surface area (Å²) in [5.74, 6) is 1.04. The lowest BCUT2D eigenvalue weighted by Crippen LogP contribution is -2.17. The molecular weight excluding hydrogens is 206 g/mol. The predicted molar refractivity (Wildman–Crippen MR) is 64.4 cm³/mol. The first-order chi connectivity index (χ1) is 7.45. The summed E-state index contributed by atoms with van der Waals surface area (Å²) in [6.45, 7) is 2.98. The van der Waals surface area contributed by atoms with Crippen LogP contribution < -0.4 is 5.32 Å². The third kappa shape index (κ3) is 3.86. The highest BCUT2D eigenvalue weighted by Gasteiger charge is 2.13. The Hall–Kier alpha value is -0.510. The highest BCUT2D eigenvalue weighted by Crippen LogP contribution is 2.16. The Bertz CT molecular complexity index is 272. The van der Waals surface area contributed by atoms with Crippen LogP contribution in [0.5, 0.6) is 0 Å². The molecule has 2 nitrogen and oxygen atoms in total. The van der Waals surface area contributed by atoms with Crippen molar-refractivity contribution in [3.05, 3.63) is 30.3 Å². The standard InChI is InChI=1S/C12H17NOS/c1-2-4-12(5-3-1)15-9-8-14-11-6-7-13-10-11/h1-5,11,13H,6-10H2. The molecule has 1 saturated heterocycles. The lowest BCUT2D eigenvalue weighted by atomic mass is 10.3. The van der Waals surface area contributed by atoms with Gasteiger partial charge in [-0.25, -0.2) is 0 Å². The lowest BCUT2D eigenvalue weighted by molar-refractivity contribution is 0.0795. The average molecular weight is 223 g/mol. The molecule has 1 atom stereocenters. The average Bonchev–Trinajstić information content (AvgIpc) is 2.79. The van der Waals surface area contributed by atoms with E-state index in [0.717, 1.165) is 31.9 Å². The predicted octanol–water partition coefficient (Wildman–Crippen LogP) is 2.16. The summed E-state index contributed by atoms with van der Waals surface area (Å²) in [5.41, 5.74) is 0. The third-order valence-electron chi connectivity index (χ3n) is 2.46. The molecule has 82 valence electrons. The van der Waals surface area contributed by atoms with Gasteiger partial charge in [-0.15, -0.1) is 11.8 Å². The molecule has 0 radical (unpaired) electrons. The van der Waals surface area contributed by atoms with Gasteiger partial charge in [0.1, 0.15) is 0 Å². The van der Waals surface area contributed by atoms with E-state index in [2.05, 4.69) is 29.6 Å². The molecule has 0 aromatic heterocycles. The fourth-order valence-electron chi connectivity index (χ4n) is 1.66. The largest absolute Gasteiger partial charge is 0.376 e. The highest BCUT2D eigenvalue weighted by molar-refractivity contribution is 7.99. The van der Waals surface area contributed by atoms with Gasteiger partial charge in [-0.3, -0.25) is 0 Å². The van der Waals surface area contributed by atoms with E-state index in [1.54, 1.807) is 0 Å². The van der Waals surface area contributed by atoms with E-state index >= 15 is 0 Å². The van der Waals surface area contributed by atoms with E-state index in [4.69, 9.17) is 4.74 Å². The molecule has 0 amide bonds. The van der Waals surface area contributed by atoms with Crippen molar-refractivity contribution < 1.29 is 4.74 Å². The second kappa shape index (κ2) is 6.16. The number of nitrogens with one attached hydrogen (secondary N) is 1. The van der Waals surface area contributed by atoms with Crippen molar-refractivity contribution in [1.82, 2.24) is 5.32 Å². The minimum absolute atomic E-state index is 0.446. The fourth-order valence-corrected chi connectivity index (χ4v) is 2.43. The number of hydrogen-bond acceptors (Lipinski definition) is 3. The van der Waals surface area contributed by atoms with E-state index in [0.29, 0.717) is 6.10 Å². The number of rotatable bonds is 5. The first kappa shape index (κ1) is 11.0. The Morgan fingerprint density at radius 1 is 1.33 bits per heavy atom. The molecule has 1 aliphatic rings. The molecule has 0 spiro atoms. The van der Waals surface area contributed by atoms with Gasteiger partial charge in [-0.05, 0) is 25.1 Å². The summed E-state index contributed by atoms with van der Waals surface area (Å²) in [6.07, 6.45) is 1.61. The van der Waals surface area contributed by atoms with Crippen LogP contribution in [0.1, 0.15) is 6.42 Å². The maximum atomic E-state index is 5.74. The van der Waals surface area contributed by atoms with E-state index in [1.807, 2.05) is 17.8 Å². The van der Waals surface area contributed by atoms with Crippen molar-refractivity contribution in [2.24, 2.45) is 0 Å². The van der Waals surface area contributed by atoms with Gasteiger partial charge in [0.25, 0.3) is 0 Å². The molecule has 1 aromatic carbocycles. The molecule has 1 N–H and O–H groups in total. The first-order valence-corrected chi connectivity index (χ1v) is 6.44. The van der Waals surface area contributed by atoms with Gasteiger partial charge in [-0.1, -0.05) is 18.2 Å². The maximum absolute atomic E-state index is 5.74. The second-order valence-corrected chi connectivity index (χ2v) is 4.82. The van der Waals surface area contributed by atoms with Crippen LogP contribution in [-0.4, -0.2) is 31.6 Å². The van der Waals surface area contributed by atoms with E-state index in [1.165, 1.54) is 4.90 Å². The van der Waals surface area contributed by atoms with Crippen molar-refractivity contribution in [3.63, 3.8) is 0 Å². The summed E-state index contributed by atoms with van der Waals surface area (Å²) >= 11 is 1.86. The topological polar surface area (TPSA) is 21.3 Å². The number of hydrogen-bond donors (Lipinski definition) is 1. The van der Waals surface area contributed by atoms with Crippen LogP contribution in [0, 0.1) is 0 Å². The minimum Gasteiger partial charge on any atom is -0.376 e. The smallest absolute Gasteiger partial charge is 0.0711 e. The van der Waals surface area contributed by atoms with Gasteiger partial charge in [0, 0.05) is 17.2 Å². The van der Waals surface area contributed by atoms with Gasteiger partial charge in [0.15, 0.2) is 0 Å². The molecular formula is C12H17NOS. The van der Waals surface area contributed by atoms with Gasteiger partial charge in [-0.2, -0.15) is 0 Å². The maximum Gasteiger partial charge on any atom is 0.0711 e. The molecule has 0 aliphatic carbocycles. The van der Waals surface area contributed by atoms with Gasteiger partial charge >= 0.3 is 0 Å². The number of ether oxygens (including phenoxy) is 1. The number of benzene rings is 1. The van der Waals surface area contributed by atoms with Crippen LogP contribution in [0.2, 0.25) is 0 Å². The van der Waals surface area contributed by atoms with Crippen LogP contribution in [0.15, 0.2) is 35.2 Å². The van der Waals surface area contributed by atoms with Gasteiger partial charge in [0.05, 0.1) is 12.7 Å². The van der Waals surface area contributed by atoms with Gasteiger partial charge in [0.2, 0.25) is 0 Å². The Labute approximate surface area is 95.4 Å². The van der Waals surface area contributed by atoms with E-state index in [9.17, 15) is 0 Å². The molecule has 1 unspecified atom stereocenters. The minimum atomic E-state index is 0.446. The number of thioether (sulfide) groups is 1. The van der Waals surface area contributed by atoms with Crippen LogP contribution in [-0.2, 0) is 4.74 Å². The zero-order valence-corrected chi connectivity index (χ0v) is 9.63. The molecule has 0 saturated carbocycles. The lowest BCUT2D eigenvalue weighted by Gasteiger charge is -2.09. The van der Waals surface area contributed by atoms with Crippen LogP contribution >= 0.6 is 11.8 Å². The molecule has 1 heterocycles. The van der Waals surface area contributed by atoms with Crippen LogP contribution in [0.4, 0.5) is 0 Å². The summed E-state index contributed by atoms with van der Waals surface area (Å²) in [7, 11) is 0. The van der Waals surface area contributed by atoms with E-state index < -0.39 is 0 Å². The Morgan fingerprint density at radius 3 is 2.93 bits per heavy atom. The highest BCUT2D eigenvalue weighted by atomic mass is 32.2. The Morgan fingerprint density at radius 2 is 2.20 bits per heavy atom. The van der Waals surface area contributed by atoms with Crippen molar-refractivity contribution in [1.29, 1.82) is 0 Å². The first-order valence-electron chi connectivity index (χ1n) is 5.45. The quantitative estimate of drug-likeness (QED) is 0.610.